The first-order chi connectivity index (χ1) is 12.3. The average Bonchev–Trinajstić information content (AvgIpc) is 3.36. The summed E-state index contributed by atoms with van der Waals surface area (Å²) < 4.78 is 1.87. The summed E-state index contributed by atoms with van der Waals surface area (Å²) in [6.07, 6.45) is 8.59. The van der Waals surface area contributed by atoms with Crippen molar-refractivity contribution >= 4 is 18.3 Å². The van der Waals surface area contributed by atoms with Crippen molar-refractivity contribution in [1.82, 2.24) is 20.4 Å². The molecule has 5 nitrogen and oxygen atoms in total. The van der Waals surface area contributed by atoms with E-state index in [0.717, 1.165) is 32.4 Å². The maximum atomic E-state index is 13.4. The SMILES string of the molecule is Cl.O=C(NC(Cc1ccccc1)C1CC1)C1(n2cccn2)CCNCC1. The maximum Gasteiger partial charge on any atom is 0.248 e. The fourth-order valence-electron chi connectivity index (χ4n) is 3.93. The quantitative estimate of drug-likeness (QED) is 0.816. The van der Waals surface area contributed by atoms with Gasteiger partial charge in [-0.3, -0.25) is 9.48 Å². The van der Waals surface area contributed by atoms with Crippen LogP contribution in [-0.2, 0) is 16.8 Å². The molecule has 1 atom stereocenters. The van der Waals surface area contributed by atoms with E-state index in [4.69, 9.17) is 0 Å². The molecule has 1 amide bonds. The van der Waals surface area contributed by atoms with Crippen LogP contribution in [0.5, 0.6) is 0 Å². The van der Waals surface area contributed by atoms with Gasteiger partial charge in [-0.2, -0.15) is 5.10 Å². The van der Waals surface area contributed by atoms with Gasteiger partial charge in [-0.05, 0) is 62.7 Å². The predicted octanol–water partition coefficient (Wildman–Crippen LogP) is 2.52. The van der Waals surface area contributed by atoms with E-state index in [1.165, 1.54) is 18.4 Å². The Morgan fingerprint density at radius 2 is 1.96 bits per heavy atom. The molecule has 1 saturated carbocycles. The minimum Gasteiger partial charge on any atom is -0.351 e. The zero-order valence-electron chi connectivity index (χ0n) is 14.9. The second kappa shape index (κ2) is 8.23. The van der Waals surface area contributed by atoms with Crippen molar-refractivity contribution in [2.45, 2.75) is 43.7 Å². The van der Waals surface area contributed by atoms with Crippen molar-refractivity contribution in [1.29, 1.82) is 0 Å². The number of carbonyl (C=O) groups is 1. The number of nitrogens with one attached hydrogen (secondary N) is 2. The summed E-state index contributed by atoms with van der Waals surface area (Å²) in [6.45, 7) is 1.69. The van der Waals surface area contributed by atoms with Crippen LogP contribution in [-0.4, -0.2) is 34.8 Å². The molecule has 2 N–H and O–H groups in total. The van der Waals surface area contributed by atoms with Crippen molar-refractivity contribution in [3.05, 3.63) is 54.4 Å². The molecule has 140 valence electrons. The summed E-state index contributed by atoms with van der Waals surface area (Å²) in [5.74, 6) is 0.742. The van der Waals surface area contributed by atoms with Crippen LogP contribution in [0.2, 0.25) is 0 Å². The highest BCUT2D eigenvalue weighted by Crippen LogP contribution is 2.35. The minimum atomic E-state index is -0.557. The first-order valence-corrected chi connectivity index (χ1v) is 9.34. The van der Waals surface area contributed by atoms with Gasteiger partial charge in [0.1, 0.15) is 5.54 Å². The molecule has 1 saturated heterocycles. The fraction of sp³-hybridized carbons (Fsp3) is 0.500. The molecule has 2 aliphatic rings. The second-order valence-corrected chi connectivity index (χ2v) is 7.34. The van der Waals surface area contributed by atoms with E-state index in [9.17, 15) is 4.79 Å². The molecule has 2 aromatic rings. The van der Waals surface area contributed by atoms with E-state index >= 15 is 0 Å². The predicted molar refractivity (Wildman–Crippen MR) is 104 cm³/mol. The number of aromatic nitrogens is 2. The van der Waals surface area contributed by atoms with Gasteiger partial charge in [0, 0.05) is 18.4 Å². The molecule has 26 heavy (non-hydrogen) atoms. The van der Waals surface area contributed by atoms with Crippen LogP contribution in [0.15, 0.2) is 48.8 Å². The summed E-state index contributed by atoms with van der Waals surface area (Å²) in [5, 5.41) is 11.2. The third-order valence-corrected chi connectivity index (χ3v) is 5.60. The second-order valence-electron chi connectivity index (χ2n) is 7.34. The highest BCUT2D eigenvalue weighted by Gasteiger charge is 2.44. The van der Waals surface area contributed by atoms with Gasteiger partial charge >= 0.3 is 0 Å². The zero-order chi connectivity index (χ0) is 17.1. The topological polar surface area (TPSA) is 59.0 Å². The molecule has 1 aliphatic carbocycles. The van der Waals surface area contributed by atoms with Gasteiger partial charge in [0.15, 0.2) is 0 Å². The smallest absolute Gasteiger partial charge is 0.248 e. The Labute approximate surface area is 161 Å². The molecule has 0 bridgehead atoms. The van der Waals surface area contributed by atoms with Crippen LogP contribution < -0.4 is 10.6 Å². The molecule has 2 heterocycles. The first kappa shape index (κ1) is 18.9. The van der Waals surface area contributed by atoms with E-state index in [1.807, 2.05) is 23.0 Å². The molecule has 0 spiro atoms. The average molecular weight is 375 g/mol. The van der Waals surface area contributed by atoms with Gasteiger partial charge in [-0.25, -0.2) is 0 Å². The summed E-state index contributed by atoms with van der Waals surface area (Å²) >= 11 is 0. The van der Waals surface area contributed by atoms with Crippen LogP contribution in [0.4, 0.5) is 0 Å². The Kier molecular flexibility index (Phi) is 5.99. The van der Waals surface area contributed by atoms with Crippen molar-refractivity contribution in [2.75, 3.05) is 13.1 Å². The molecule has 6 heteroatoms. The first-order valence-electron chi connectivity index (χ1n) is 9.34. The van der Waals surface area contributed by atoms with E-state index < -0.39 is 5.54 Å². The number of hydrogen-bond donors (Lipinski definition) is 2. The van der Waals surface area contributed by atoms with Crippen molar-refractivity contribution < 1.29 is 4.79 Å². The van der Waals surface area contributed by atoms with Gasteiger partial charge in [-0.1, -0.05) is 30.3 Å². The maximum absolute atomic E-state index is 13.4. The Hall–Kier alpha value is -1.85. The Morgan fingerprint density at radius 3 is 2.58 bits per heavy atom. The third-order valence-electron chi connectivity index (χ3n) is 5.60. The van der Waals surface area contributed by atoms with Crippen LogP contribution in [0.25, 0.3) is 0 Å². The number of nitrogens with zero attached hydrogens (tertiary/aromatic N) is 2. The number of piperidine rings is 1. The summed E-state index contributed by atoms with van der Waals surface area (Å²) in [5.41, 5.74) is 0.733. The molecule has 1 aromatic carbocycles. The Bertz CT molecular complexity index is 694. The number of hydrogen-bond acceptors (Lipinski definition) is 3. The molecule has 1 unspecified atom stereocenters. The van der Waals surface area contributed by atoms with Gasteiger partial charge in [0.05, 0.1) is 0 Å². The van der Waals surface area contributed by atoms with Gasteiger partial charge < -0.3 is 10.6 Å². The highest BCUT2D eigenvalue weighted by atomic mass is 35.5. The molecular formula is C20H27ClN4O. The normalized spacial score (nSPS) is 20.0. The van der Waals surface area contributed by atoms with E-state index in [-0.39, 0.29) is 24.4 Å². The van der Waals surface area contributed by atoms with Crippen LogP contribution in [0, 0.1) is 5.92 Å². The lowest BCUT2D eigenvalue weighted by atomic mass is 9.86. The lowest BCUT2D eigenvalue weighted by Gasteiger charge is -2.37. The number of halogens is 1. The molecule has 1 aromatic heterocycles. The van der Waals surface area contributed by atoms with Gasteiger partial charge in [0.25, 0.3) is 0 Å². The zero-order valence-corrected chi connectivity index (χ0v) is 15.8. The third kappa shape index (κ3) is 3.94. The monoisotopic (exact) mass is 374 g/mol. The van der Waals surface area contributed by atoms with E-state index in [2.05, 4.69) is 40.0 Å². The Morgan fingerprint density at radius 1 is 1.23 bits per heavy atom. The highest BCUT2D eigenvalue weighted by molar-refractivity contribution is 5.85. The van der Waals surface area contributed by atoms with Gasteiger partial charge in [-0.15, -0.1) is 12.4 Å². The number of amides is 1. The van der Waals surface area contributed by atoms with Crippen LogP contribution >= 0.6 is 12.4 Å². The number of carbonyl (C=O) groups excluding carboxylic acids is 1. The fourth-order valence-corrected chi connectivity index (χ4v) is 3.93. The summed E-state index contributed by atoms with van der Waals surface area (Å²) in [7, 11) is 0. The molecular weight excluding hydrogens is 348 g/mol. The van der Waals surface area contributed by atoms with Crippen molar-refractivity contribution in [3.63, 3.8) is 0 Å². The van der Waals surface area contributed by atoms with Gasteiger partial charge in [0.2, 0.25) is 5.91 Å². The molecule has 2 fully saturated rings. The number of rotatable bonds is 6. The molecule has 1 aliphatic heterocycles. The summed E-state index contributed by atoms with van der Waals surface area (Å²) in [6, 6.07) is 12.6. The standard InChI is InChI=1S/C20H26N4O.ClH/c25-19(20(9-12-21-13-10-20)24-14-4-11-22-24)23-18(17-7-8-17)15-16-5-2-1-3-6-16;/h1-6,11,14,17-18,21H,7-10,12-13,15H2,(H,23,25);1H. The molecule has 0 radical (unpaired) electrons. The largest absolute Gasteiger partial charge is 0.351 e. The van der Waals surface area contributed by atoms with Crippen LogP contribution in [0.3, 0.4) is 0 Å². The lowest BCUT2D eigenvalue weighted by Crippen LogP contribution is -2.57. The van der Waals surface area contributed by atoms with Crippen molar-refractivity contribution in [3.8, 4) is 0 Å². The minimum absolute atomic E-state index is 0. The summed E-state index contributed by atoms with van der Waals surface area (Å²) in [4.78, 5) is 13.4. The Balaban J connectivity index is 0.00000196. The number of benzene rings is 1. The van der Waals surface area contributed by atoms with Crippen LogP contribution in [0.1, 0.15) is 31.2 Å². The molecule has 4 rings (SSSR count). The van der Waals surface area contributed by atoms with Crippen molar-refractivity contribution in [2.24, 2.45) is 5.92 Å². The van der Waals surface area contributed by atoms with E-state index in [0.29, 0.717) is 5.92 Å². The lowest BCUT2D eigenvalue weighted by molar-refractivity contribution is -0.132. The van der Waals surface area contributed by atoms with E-state index in [1.54, 1.807) is 6.20 Å².